The van der Waals surface area contributed by atoms with Crippen LogP contribution >= 0.6 is 15.9 Å². The van der Waals surface area contributed by atoms with Crippen LogP contribution in [0.15, 0.2) is 28.7 Å². The fourth-order valence-electron chi connectivity index (χ4n) is 1.57. The van der Waals surface area contributed by atoms with Gasteiger partial charge in [-0.2, -0.15) is 13.2 Å². The third-order valence-corrected chi connectivity index (χ3v) is 3.17. The zero-order chi connectivity index (χ0) is 15.6. The van der Waals surface area contributed by atoms with Gasteiger partial charge in [-0.25, -0.2) is 15.8 Å². The number of aromatic nitrogens is 2. The number of hydrogen-bond donors (Lipinski definition) is 3. The lowest BCUT2D eigenvalue weighted by molar-refractivity contribution is -0.144. The number of nitrogen functional groups attached to an aromatic ring is 1. The van der Waals surface area contributed by atoms with Crippen molar-refractivity contribution in [1.29, 1.82) is 0 Å². The van der Waals surface area contributed by atoms with Gasteiger partial charge >= 0.3 is 6.18 Å². The summed E-state index contributed by atoms with van der Waals surface area (Å²) < 4.78 is 38.9. The molecule has 0 unspecified atom stereocenters. The van der Waals surface area contributed by atoms with E-state index in [9.17, 15) is 13.2 Å². The lowest BCUT2D eigenvalue weighted by Gasteiger charge is -2.12. The van der Waals surface area contributed by atoms with Crippen LogP contribution in [-0.4, -0.2) is 9.97 Å². The van der Waals surface area contributed by atoms with Crippen LogP contribution in [0.2, 0.25) is 0 Å². The summed E-state index contributed by atoms with van der Waals surface area (Å²) in [6.07, 6.45) is -4.66. The topological polar surface area (TPSA) is 75.9 Å². The van der Waals surface area contributed by atoms with Crippen molar-refractivity contribution in [2.24, 2.45) is 5.84 Å². The highest BCUT2D eigenvalue weighted by molar-refractivity contribution is 9.10. The number of hydrogen-bond acceptors (Lipinski definition) is 5. The van der Waals surface area contributed by atoms with Gasteiger partial charge in [0.25, 0.3) is 0 Å². The third-order valence-electron chi connectivity index (χ3n) is 2.51. The van der Waals surface area contributed by atoms with Crippen molar-refractivity contribution in [1.82, 2.24) is 9.97 Å². The van der Waals surface area contributed by atoms with Gasteiger partial charge in [0.05, 0.1) is 5.69 Å². The summed E-state index contributed by atoms with van der Waals surface area (Å²) >= 11 is 3.33. The maximum atomic E-state index is 12.7. The lowest BCUT2D eigenvalue weighted by Crippen LogP contribution is -2.16. The van der Waals surface area contributed by atoms with Gasteiger partial charge in [0, 0.05) is 10.5 Å². The Morgan fingerprint density at radius 1 is 1.14 bits per heavy atom. The van der Waals surface area contributed by atoms with E-state index < -0.39 is 12.0 Å². The predicted octanol–water partition coefficient (Wildman–Crippen LogP) is 3.60. The number of nitrogens with one attached hydrogen (secondary N) is 2. The Hall–Kier alpha value is -1.87. The van der Waals surface area contributed by atoms with E-state index in [-0.39, 0.29) is 11.6 Å². The molecule has 112 valence electrons. The van der Waals surface area contributed by atoms with Crippen LogP contribution in [0.5, 0.6) is 0 Å². The molecular formula is C12H11BrF3N5. The fourth-order valence-corrected chi connectivity index (χ4v) is 2.16. The third kappa shape index (κ3) is 3.82. The van der Waals surface area contributed by atoms with Crippen molar-refractivity contribution in [2.45, 2.75) is 13.1 Å². The summed E-state index contributed by atoms with van der Waals surface area (Å²) in [4.78, 5) is 6.73. The highest BCUT2D eigenvalue weighted by Crippen LogP contribution is 2.30. The molecule has 0 aliphatic rings. The lowest BCUT2D eigenvalue weighted by atomic mass is 10.2. The predicted molar refractivity (Wildman–Crippen MR) is 77.0 cm³/mol. The molecular weight excluding hydrogens is 351 g/mol. The quantitative estimate of drug-likeness (QED) is 0.575. The highest BCUT2D eigenvalue weighted by Gasteiger charge is 2.35. The minimum Gasteiger partial charge on any atom is -0.339 e. The minimum atomic E-state index is -4.66. The first kappa shape index (κ1) is 15.5. The number of alkyl halides is 3. The number of rotatable bonds is 3. The summed E-state index contributed by atoms with van der Waals surface area (Å²) in [5.74, 6) is 3.70. The molecule has 0 spiro atoms. The van der Waals surface area contributed by atoms with Gasteiger partial charge in [-0.15, -0.1) is 0 Å². The second kappa shape index (κ2) is 5.86. The van der Waals surface area contributed by atoms with Crippen LogP contribution in [0.25, 0.3) is 0 Å². The van der Waals surface area contributed by atoms with Crippen molar-refractivity contribution in [3.05, 3.63) is 40.1 Å². The van der Waals surface area contributed by atoms with Gasteiger partial charge < -0.3 is 10.7 Å². The monoisotopic (exact) mass is 361 g/mol. The number of aryl methyl sites for hydroxylation is 1. The van der Waals surface area contributed by atoms with Crippen molar-refractivity contribution in [3.63, 3.8) is 0 Å². The number of nitrogens with two attached hydrogens (primary N) is 1. The van der Waals surface area contributed by atoms with E-state index in [4.69, 9.17) is 5.84 Å². The molecule has 0 aliphatic carbocycles. The first-order valence-electron chi connectivity index (χ1n) is 5.75. The Morgan fingerprint density at radius 3 is 2.38 bits per heavy atom. The van der Waals surface area contributed by atoms with Crippen LogP contribution in [0, 0.1) is 6.92 Å². The second-order valence-electron chi connectivity index (χ2n) is 4.21. The van der Waals surface area contributed by atoms with Gasteiger partial charge in [0.2, 0.25) is 5.82 Å². The smallest absolute Gasteiger partial charge is 0.339 e. The van der Waals surface area contributed by atoms with Gasteiger partial charge in [0.1, 0.15) is 11.6 Å². The van der Waals surface area contributed by atoms with Gasteiger partial charge in [0.15, 0.2) is 0 Å². The van der Waals surface area contributed by atoms with Crippen LogP contribution in [0.1, 0.15) is 11.4 Å². The summed E-state index contributed by atoms with van der Waals surface area (Å²) in [5.41, 5.74) is 3.68. The molecule has 5 nitrogen and oxygen atoms in total. The fraction of sp³-hybridized carbons (Fsp3) is 0.167. The van der Waals surface area contributed by atoms with Crippen LogP contribution in [0.3, 0.4) is 0 Å². The number of nitrogens with zero attached hydrogens (tertiary/aromatic N) is 2. The summed E-state index contributed by atoms with van der Waals surface area (Å²) in [6, 6.07) is 6.66. The molecule has 0 saturated carbocycles. The average molecular weight is 362 g/mol. The van der Waals surface area contributed by atoms with E-state index in [1.54, 1.807) is 6.07 Å². The van der Waals surface area contributed by atoms with Crippen LogP contribution < -0.4 is 16.6 Å². The number of hydrazine groups is 1. The van der Waals surface area contributed by atoms with Gasteiger partial charge in [-0.05, 0) is 40.5 Å². The Balaban J connectivity index is 2.39. The molecule has 0 bridgehead atoms. The first-order valence-corrected chi connectivity index (χ1v) is 6.55. The Labute approximate surface area is 126 Å². The molecule has 0 radical (unpaired) electrons. The van der Waals surface area contributed by atoms with E-state index in [2.05, 4.69) is 36.6 Å². The number of anilines is 3. The van der Waals surface area contributed by atoms with Gasteiger partial charge in [-0.3, -0.25) is 0 Å². The molecule has 0 aliphatic heterocycles. The molecule has 9 heteroatoms. The number of halogens is 4. The van der Waals surface area contributed by atoms with E-state index in [1.807, 2.05) is 19.1 Å². The van der Waals surface area contributed by atoms with E-state index in [1.165, 1.54) is 6.07 Å². The molecule has 0 atom stereocenters. The van der Waals surface area contributed by atoms with Crippen LogP contribution in [-0.2, 0) is 6.18 Å². The van der Waals surface area contributed by atoms with E-state index >= 15 is 0 Å². The minimum absolute atomic E-state index is 0.0187. The Bertz CT molecular complexity index is 660. The van der Waals surface area contributed by atoms with Gasteiger partial charge in [-0.1, -0.05) is 6.07 Å². The molecule has 0 saturated heterocycles. The molecule has 2 rings (SSSR count). The SMILES string of the molecule is Cc1ccc(Nc2cc(NN)nc(C(F)(F)F)n2)c(Br)c1. The molecule has 1 heterocycles. The van der Waals surface area contributed by atoms with Crippen LogP contribution in [0.4, 0.5) is 30.5 Å². The maximum absolute atomic E-state index is 12.7. The van der Waals surface area contributed by atoms with Crippen molar-refractivity contribution in [2.75, 3.05) is 10.7 Å². The zero-order valence-corrected chi connectivity index (χ0v) is 12.4. The molecule has 2 aromatic rings. The Kier molecular flexibility index (Phi) is 4.33. The summed E-state index contributed by atoms with van der Waals surface area (Å²) in [7, 11) is 0. The van der Waals surface area contributed by atoms with Crippen molar-refractivity contribution < 1.29 is 13.2 Å². The molecule has 0 fully saturated rings. The number of benzene rings is 1. The second-order valence-corrected chi connectivity index (χ2v) is 5.07. The Morgan fingerprint density at radius 2 is 1.81 bits per heavy atom. The largest absolute Gasteiger partial charge is 0.451 e. The summed E-state index contributed by atoms with van der Waals surface area (Å²) in [6.45, 7) is 1.90. The highest BCUT2D eigenvalue weighted by atomic mass is 79.9. The van der Waals surface area contributed by atoms with E-state index in [0.29, 0.717) is 10.2 Å². The molecule has 0 amide bonds. The average Bonchev–Trinajstić information content (AvgIpc) is 2.40. The maximum Gasteiger partial charge on any atom is 0.451 e. The van der Waals surface area contributed by atoms with Crippen molar-refractivity contribution in [3.8, 4) is 0 Å². The van der Waals surface area contributed by atoms with Crippen molar-refractivity contribution >= 4 is 33.3 Å². The normalized spacial score (nSPS) is 11.3. The van der Waals surface area contributed by atoms with E-state index in [0.717, 1.165) is 5.56 Å². The molecule has 1 aromatic carbocycles. The standard InChI is InChI=1S/C12H11BrF3N5/c1-6-2-3-8(7(13)4-6)18-9-5-10(21-17)20-11(19-9)12(14,15)16/h2-5H,17H2,1H3,(H2,18,19,20,21). The first-order chi connectivity index (χ1) is 9.79. The molecule has 21 heavy (non-hydrogen) atoms. The summed E-state index contributed by atoms with van der Waals surface area (Å²) in [5, 5.41) is 2.79. The molecule has 4 N–H and O–H groups in total. The molecule has 1 aromatic heterocycles. The zero-order valence-electron chi connectivity index (χ0n) is 10.8.